The molecule has 0 aromatic carbocycles. The largest absolute Gasteiger partial charge is 0.378 e. The molecule has 2 rings (SSSR count). The molecule has 2 nitrogen and oxygen atoms in total. The number of likely N-dealkylation sites (tertiary alicyclic amines) is 1. The third kappa shape index (κ3) is 2.07. The molecule has 3 atom stereocenters. The molecule has 0 N–H and O–H groups in total. The number of rotatable bonds is 4. The second-order valence-corrected chi connectivity index (χ2v) is 5.84. The average molecular weight is 211 g/mol. The van der Waals surface area contributed by atoms with Crippen LogP contribution in [-0.4, -0.2) is 37.2 Å². The maximum absolute atomic E-state index is 5.87. The lowest BCUT2D eigenvalue weighted by atomic mass is 9.92. The monoisotopic (exact) mass is 211 g/mol. The molecule has 1 saturated heterocycles. The molecule has 1 aliphatic heterocycles. The van der Waals surface area contributed by atoms with E-state index in [9.17, 15) is 0 Å². The molecule has 0 aromatic rings. The summed E-state index contributed by atoms with van der Waals surface area (Å²) < 4.78 is 5.87. The Morgan fingerprint density at radius 1 is 1.47 bits per heavy atom. The van der Waals surface area contributed by atoms with Crippen molar-refractivity contribution in [3.63, 3.8) is 0 Å². The van der Waals surface area contributed by atoms with E-state index in [2.05, 4.69) is 32.7 Å². The van der Waals surface area contributed by atoms with Crippen LogP contribution in [0.4, 0.5) is 0 Å². The highest BCUT2D eigenvalue weighted by molar-refractivity contribution is 5.09. The fourth-order valence-corrected chi connectivity index (χ4v) is 3.23. The molecule has 0 aromatic heterocycles. The standard InChI is InChI=1S/C13H25NO/c1-10(2)15-9-13(8-11(13)3)12-6-5-7-14(12)4/h10-12H,5-9H2,1-4H3. The summed E-state index contributed by atoms with van der Waals surface area (Å²) >= 11 is 0. The quantitative estimate of drug-likeness (QED) is 0.708. The van der Waals surface area contributed by atoms with Gasteiger partial charge in [0.05, 0.1) is 12.7 Å². The van der Waals surface area contributed by atoms with E-state index >= 15 is 0 Å². The van der Waals surface area contributed by atoms with Crippen LogP contribution >= 0.6 is 0 Å². The Morgan fingerprint density at radius 2 is 2.13 bits per heavy atom. The highest BCUT2D eigenvalue weighted by Crippen LogP contribution is 2.58. The zero-order valence-corrected chi connectivity index (χ0v) is 10.6. The molecule has 0 radical (unpaired) electrons. The van der Waals surface area contributed by atoms with Crippen molar-refractivity contribution in [1.82, 2.24) is 4.90 Å². The molecule has 1 aliphatic carbocycles. The third-order valence-electron chi connectivity index (χ3n) is 4.38. The maximum atomic E-state index is 5.87. The van der Waals surface area contributed by atoms with Crippen LogP contribution in [0.5, 0.6) is 0 Å². The predicted molar refractivity (Wildman–Crippen MR) is 63.0 cm³/mol. The molecule has 1 heterocycles. The van der Waals surface area contributed by atoms with E-state index in [0.717, 1.165) is 18.6 Å². The van der Waals surface area contributed by atoms with E-state index in [1.54, 1.807) is 0 Å². The van der Waals surface area contributed by atoms with Crippen LogP contribution < -0.4 is 0 Å². The first-order valence-corrected chi connectivity index (χ1v) is 6.38. The molecule has 0 amide bonds. The van der Waals surface area contributed by atoms with Gasteiger partial charge in [0.1, 0.15) is 0 Å². The van der Waals surface area contributed by atoms with E-state index in [1.165, 1.54) is 25.8 Å². The zero-order valence-electron chi connectivity index (χ0n) is 10.6. The SMILES string of the molecule is CC(C)OCC1(C2CCCN2C)CC1C. The molecular weight excluding hydrogens is 186 g/mol. The second kappa shape index (κ2) is 4.06. The van der Waals surface area contributed by atoms with Gasteiger partial charge in [-0.25, -0.2) is 0 Å². The van der Waals surface area contributed by atoms with Gasteiger partial charge in [-0.3, -0.25) is 0 Å². The Bertz CT molecular complexity index is 229. The van der Waals surface area contributed by atoms with Gasteiger partial charge in [0.2, 0.25) is 0 Å². The van der Waals surface area contributed by atoms with Gasteiger partial charge >= 0.3 is 0 Å². The van der Waals surface area contributed by atoms with Crippen LogP contribution in [0.15, 0.2) is 0 Å². The fraction of sp³-hybridized carbons (Fsp3) is 1.00. The number of ether oxygens (including phenoxy) is 1. The van der Waals surface area contributed by atoms with Gasteiger partial charge in [-0.05, 0) is 52.6 Å². The van der Waals surface area contributed by atoms with Crippen molar-refractivity contribution in [2.45, 2.75) is 52.2 Å². The highest BCUT2D eigenvalue weighted by atomic mass is 16.5. The minimum Gasteiger partial charge on any atom is -0.378 e. The Labute approximate surface area is 94.0 Å². The third-order valence-corrected chi connectivity index (χ3v) is 4.38. The van der Waals surface area contributed by atoms with Crippen LogP contribution in [0.25, 0.3) is 0 Å². The minimum atomic E-state index is 0.376. The normalized spacial score (nSPS) is 41.4. The molecule has 3 unspecified atom stereocenters. The summed E-state index contributed by atoms with van der Waals surface area (Å²) in [5, 5.41) is 0. The molecule has 1 saturated carbocycles. The summed E-state index contributed by atoms with van der Waals surface area (Å²) in [6, 6.07) is 0.784. The van der Waals surface area contributed by atoms with Crippen molar-refractivity contribution in [2.24, 2.45) is 11.3 Å². The van der Waals surface area contributed by atoms with Crippen LogP contribution in [0.2, 0.25) is 0 Å². The molecule has 2 aliphatic rings. The van der Waals surface area contributed by atoms with Gasteiger partial charge in [-0.1, -0.05) is 6.92 Å². The Hall–Kier alpha value is -0.0800. The number of nitrogens with zero attached hydrogens (tertiary/aromatic N) is 1. The maximum Gasteiger partial charge on any atom is 0.0543 e. The number of hydrogen-bond donors (Lipinski definition) is 0. The van der Waals surface area contributed by atoms with Crippen LogP contribution in [0, 0.1) is 11.3 Å². The minimum absolute atomic E-state index is 0.376. The van der Waals surface area contributed by atoms with E-state index in [-0.39, 0.29) is 0 Å². The lowest BCUT2D eigenvalue weighted by Crippen LogP contribution is -2.38. The number of hydrogen-bond acceptors (Lipinski definition) is 2. The Morgan fingerprint density at radius 3 is 2.53 bits per heavy atom. The lowest BCUT2D eigenvalue weighted by Gasteiger charge is -2.30. The predicted octanol–water partition coefficient (Wildman–Crippen LogP) is 2.53. The van der Waals surface area contributed by atoms with Crippen molar-refractivity contribution in [2.75, 3.05) is 20.2 Å². The second-order valence-electron chi connectivity index (χ2n) is 5.84. The van der Waals surface area contributed by atoms with Crippen LogP contribution in [0.3, 0.4) is 0 Å². The molecule has 2 heteroatoms. The van der Waals surface area contributed by atoms with E-state index in [4.69, 9.17) is 4.74 Å². The van der Waals surface area contributed by atoms with Gasteiger partial charge in [0.25, 0.3) is 0 Å². The van der Waals surface area contributed by atoms with Crippen molar-refractivity contribution >= 4 is 0 Å². The summed E-state index contributed by atoms with van der Waals surface area (Å²) in [5.74, 6) is 0.863. The zero-order chi connectivity index (χ0) is 11.1. The molecular formula is C13H25NO. The Balaban J connectivity index is 1.96. The van der Waals surface area contributed by atoms with Gasteiger partial charge in [0.15, 0.2) is 0 Å². The first-order chi connectivity index (χ1) is 7.06. The highest BCUT2D eigenvalue weighted by Gasteiger charge is 2.58. The topological polar surface area (TPSA) is 12.5 Å². The lowest BCUT2D eigenvalue weighted by molar-refractivity contribution is 0.0137. The molecule has 88 valence electrons. The van der Waals surface area contributed by atoms with E-state index in [0.29, 0.717) is 11.5 Å². The first kappa shape index (κ1) is 11.4. The van der Waals surface area contributed by atoms with Gasteiger partial charge in [-0.15, -0.1) is 0 Å². The summed E-state index contributed by atoms with van der Waals surface area (Å²) in [5.41, 5.74) is 0.496. The molecule has 15 heavy (non-hydrogen) atoms. The van der Waals surface area contributed by atoms with Gasteiger partial charge < -0.3 is 9.64 Å². The van der Waals surface area contributed by atoms with Crippen molar-refractivity contribution in [3.05, 3.63) is 0 Å². The Kier molecular flexibility index (Phi) is 3.09. The van der Waals surface area contributed by atoms with E-state index < -0.39 is 0 Å². The molecule has 0 bridgehead atoms. The van der Waals surface area contributed by atoms with Crippen LogP contribution in [0.1, 0.15) is 40.0 Å². The summed E-state index contributed by atoms with van der Waals surface area (Å²) in [6.07, 6.45) is 4.50. The average Bonchev–Trinajstić information content (AvgIpc) is 2.59. The summed E-state index contributed by atoms with van der Waals surface area (Å²) in [4.78, 5) is 2.55. The summed E-state index contributed by atoms with van der Waals surface area (Å²) in [6.45, 7) is 8.91. The summed E-state index contributed by atoms with van der Waals surface area (Å²) in [7, 11) is 2.28. The smallest absolute Gasteiger partial charge is 0.0543 e. The first-order valence-electron chi connectivity index (χ1n) is 6.38. The van der Waals surface area contributed by atoms with Gasteiger partial charge in [-0.2, -0.15) is 0 Å². The van der Waals surface area contributed by atoms with E-state index in [1.807, 2.05) is 0 Å². The van der Waals surface area contributed by atoms with Gasteiger partial charge in [0, 0.05) is 11.5 Å². The van der Waals surface area contributed by atoms with Crippen molar-refractivity contribution in [1.29, 1.82) is 0 Å². The fourth-order valence-electron chi connectivity index (χ4n) is 3.23. The molecule has 2 fully saturated rings. The van der Waals surface area contributed by atoms with Crippen LogP contribution in [-0.2, 0) is 4.74 Å². The van der Waals surface area contributed by atoms with Crippen molar-refractivity contribution < 1.29 is 4.74 Å². The van der Waals surface area contributed by atoms with Crippen molar-refractivity contribution in [3.8, 4) is 0 Å². The molecule has 0 spiro atoms.